The molecule has 20 heavy (non-hydrogen) atoms. The third kappa shape index (κ3) is 3.13. The lowest BCUT2D eigenvalue weighted by molar-refractivity contribution is 0.406. The van der Waals surface area contributed by atoms with E-state index in [1.165, 1.54) is 5.56 Å². The predicted molar refractivity (Wildman–Crippen MR) is 82.3 cm³/mol. The first-order chi connectivity index (χ1) is 9.65. The highest BCUT2D eigenvalue weighted by Gasteiger charge is 2.14. The Balaban J connectivity index is 2.19. The molecule has 4 heteroatoms. The number of methoxy groups -OCH3 is 1. The third-order valence-electron chi connectivity index (χ3n) is 3.39. The number of nitrogens with zero attached hydrogens (tertiary/aromatic N) is 2. The zero-order valence-electron chi connectivity index (χ0n) is 12.6. The second-order valence-electron chi connectivity index (χ2n) is 5.15. The van der Waals surface area contributed by atoms with Gasteiger partial charge < -0.3 is 10.1 Å². The molecule has 0 radical (unpaired) electrons. The van der Waals surface area contributed by atoms with Gasteiger partial charge in [0, 0.05) is 17.8 Å². The average Bonchev–Trinajstić information content (AvgIpc) is 2.93. The number of nitrogens with one attached hydrogen (secondary N) is 1. The molecule has 0 aliphatic rings. The summed E-state index contributed by atoms with van der Waals surface area (Å²) in [4.78, 5) is 0. The highest BCUT2D eigenvalue weighted by atomic mass is 16.5. The van der Waals surface area contributed by atoms with Gasteiger partial charge in [0.25, 0.3) is 0 Å². The second-order valence-corrected chi connectivity index (χ2v) is 5.15. The largest absolute Gasteiger partial charge is 0.496 e. The molecule has 4 nitrogen and oxygen atoms in total. The molecule has 1 aromatic heterocycles. The second kappa shape index (κ2) is 6.46. The minimum Gasteiger partial charge on any atom is -0.496 e. The topological polar surface area (TPSA) is 39.1 Å². The number of aromatic nitrogens is 2. The number of ether oxygens (including phenoxy) is 1. The van der Waals surface area contributed by atoms with Crippen LogP contribution in [0.5, 0.6) is 5.75 Å². The van der Waals surface area contributed by atoms with Crippen molar-refractivity contribution in [1.29, 1.82) is 0 Å². The summed E-state index contributed by atoms with van der Waals surface area (Å²) >= 11 is 0. The summed E-state index contributed by atoms with van der Waals surface area (Å²) in [7, 11) is 1.71. The molecule has 1 unspecified atom stereocenters. The molecule has 108 valence electrons. The number of para-hydroxylation sites is 1. The molecule has 2 aromatic rings. The van der Waals surface area contributed by atoms with Crippen LogP contribution in [0.4, 0.5) is 5.69 Å². The van der Waals surface area contributed by atoms with Crippen LogP contribution in [0.2, 0.25) is 0 Å². The molecule has 0 amide bonds. The molecule has 1 aromatic carbocycles. The first-order valence-corrected chi connectivity index (χ1v) is 7.09. The van der Waals surface area contributed by atoms with Gasteiger partial charge in [-0.15, -0.1) is 0 Å². The van der Waals surface area contributed by atoms with E-state index in [1.807, 2.05) is 35.3 Å². The van der Waals surface area contributed by atoms with Crippen LogP contribution >= 0.6 is 0 Å². The average molecular weight is 273 g/mol. The van der Waals surface area contributed by atoms with Crippen LogP contribution < -0.4 is 10.1 Å². The van der Waals surface area contributed by atoms with E-state index < -0.39 is 0 Å². The van der Waals surface area contributed by atoms with E-state index in [2.05, 4.69) is 37.3 Å². The van der Waals surface area contributed by atoms with E-state index in [0.29, 0.717) is 6.04 Å². The van der Waals surface area contributed by atoms with Crippen molar-refractivity contribution in [2.45, 2.75) is 39.3 Å². The van der Waals surface area contributed by atoms with Crippen LogP contribution in [0.15, 0.2) is 36.7 Å². The first-order valence-electron chi connectivity index (χ1n) is 7.09. The van der Waals surface area contributed by atoms with Crippen LogP contribution in [0, 0.1) is 0 Å². The van der Waals surface area contributed by atoms with Crippen LogP contribution in [0.3, 0.4) is 0 Å². The van der Waals surface area contributed by atoms with Crippen molar-refractivity contribution in [2.75, 3.05) is 12.4 Å². The van der Waals surface area contributed by atoms with Crippen molar-refractivity contribution in [1.82, 2.24) is 9.78 Å². The number of hydrogen-bond donors (Lipinski definition) is 1. The lowest BCUT2D eigenvalue weighted by atomic mass is 10.0. The van der Waals surface area contributed by atoms with Gasteiger partial charge in [0.2, 0.25) is 0 Å². The lowest BCUT2D eigenvalue weighted by Gasteiger charge is -2.20. The summed E-state index contributed by atoms with van der Waals surface area (Å²) in [5.41, 5.74) is 2.21. The van der Waals surface area contributed by atoms with E-state index in [-0.39, 0.29) is 6.04 Å². The third-order valence-corrected chi connectivity index (χ3v) is 3.39. The molecule has 1 N–H and O–H groups in total. The Morgan fingerprint density at radius 1 is 1.30 bits per heavy atom. The molecule has 0 fully saturated rings. The zero-order valence-corrected chi connectivity index (χ0v) is 12.6. The summed E-state index contributed by atoms with van der Waals surface area (Å²) in [5, 5.41) is 7.89. The number of anilines is 1. The maximum absolute atomic E-state index is 5.45. The van der Waals surface area contributed by atoms with Crippen molar-refractivity contribution < 1.29 is 4.74 Å². The maximum Gasteiger partial charge on any atom is 0.124 e. The number of benzene rings is 1. The standard InChI is InChI=1S/C16H23N3O/c1-5-15(14-8-6-7-9-16(14)20-4)18-13-10-17-19(11-13)12(2)3/h6-12,15,18H,5H2,1-4H3. The predicted octanol–water partition coefficient (Wildman–Crippen LogP) is 4.04. The van der Waals surface area contributed by atoms with Crippen LogP contribution in [0.25, 0.3) is 0 Å². The highest BCUT2D eigenvalue weighted by Crippen LogP contribution is 2.29. The van der Waals surface area contributed by atoms with Crippen LogP contribution in [-0.4, -0.2) is 16.9 Å². The smallest absolute Gasteiger partial charge is 0.124 e. The maximum atomic E-state index is 5.45. The van der Waals surface area contributed by atoms with Gasteiger partial charge >= 0.3 is 0 Å². The Morgan fingerprint density at radius 2 is 2.05 bits per heavy atom. The molecule has 0 aliphatic heterocycles. The molecule has 0 aliphatic carbocycles. The molecule has 0 saturated carbocycles. The Labute approximate surface area is 120 Å². The Hall–Kier alpha value is -1.97. The number of rotatable bonds is 6. The zero-order chi connectivity index (χ0) is 14.5. The monoisotopic (exact) mass is 273 g/mol. The molecule has 0 bridgehead atoms. The molecule has 0 spiro atoms. The summed E-state index contributed by atoms with van der Waals surface area (Å²) in [5.74, 6) is 0.920. The van der Waals surface area contributed by atoms with Gasteiger partial charge in [0.15, 0.2) is 0 Å². The molecule has 2 rings (SSSR count). The van der Waals surface area contributed by atoms with Gasteiger partial charge in [-0.1, -0.05) is 25.1 Å². The van der Waals surface area contributed by atoms with E-state index in [4.69, 9.17) is 4.74 Å². The van der Waals surface area contributed by atoms with Crippen molar-refractivity contribution in [3.63, 3.8) is 0 Å². The van der Waals surface area contributed by atoms with E-state index in [9.17, 15) is 0 Å². The Bertz CT molecular complexity index is 548. The van der Waals surface area contributed by atoms with Crippen molar-refractivity contribution in [2.24, 2.45) is 0 Å². The lowest BCUT2D eigenvalue weighted by Crippen LogP contribution is -2.10. The summed E-state index contributed by atoms with van der Waals surface area (Å²) < 4.78 is 7.40. The van der Waals surface area contributed by atoms with Gasteiger partial charge in [-0.25, -0.2) is 0 Å². The summed E-state index contributed by atoms with van der Waals surface area (Å²) in [6.45, 7) is 6.40. The fourth-order valence-electron chi connectivity index (χ4n) is 2.25. The SMILES string of the molecule is CCC(Nc1cnn(C(C)C)c1)c1ccccc1OC. The highest BCUT2D eigenvalue weighted by molar-refractivity contribution is 5.45. The first kappa shape index (κ1) is 14.4. The van der Waals surface area contributed by atoms with Crippen LogP contribution in [0.1, 0.15) is 44.8 Å². The summed E-state index contributed by atoms with van der Waals surface area (Å²) in [6, 6.07) is 8.73. The Kier molecular flexibility index (Phi) is 4.66. The van der Waals surface area contributed by atoms with E-state index in [1.54, 1.807) is 7.11 Å². The van der Waals surface area contributed by atoms with Gasteiger partial charge in [-0.3, -0.25) is 4.68 Å². The normalized spacial score (nSPS) is 12.4. The minimum absolute atomic E-state index is 0.218. The van der Waals surface area contributed by atoms with Gasteiger partial charge in [-0.05, 0) is 26.3 Å². The Morgan fingerprint density at radius 3 is 2.65 bits per heavy atom. The molecule has 1 atom stereocenters. The molecule has 0 saturated heterocycles. The van der Waals surface area contributed by atoms with Crippen molar-refractivity contribution in [3.8, 4) is 5.75 Å². The van der Waals surface area contributed by atoms with E-state index >= 15 is 0 Å². The fraction of sp³-hybridized carbons (Fsp3) is 0.438. The van der Waals surface area contributed by atoms with Gasteiger partial charge in [0.1, 0.15) is 5.75 Å². The van der Waals surface area contributed by atoms with Crippen molar-refractivity contribution >= 4 is 5.69 Å². The molecular formula is C16H23N3O. The minimum atomic E-state index is 0.218. The summed E-state index contributed by atoms with van der Waals surface area (Å²) in [6.07, 6.45) is 4.90. The molecule has 1 heterocycles. The number of hydrogen-bond acceptors (Lipinski definition) is 3. The van der Waals surface area contributed by atoms with Crippen LogP contribution in [-0.2, 0) is 0 Å². The van der Waals surface area contributed by atoms with Gasteiger partial charge in [0.05, 0.1) is 25.0 Å². The fourth-order valence-corrected chi connectivity index (χ4v) is 2.25. The van der Waals surface area contributed by atoms with Crippen molar-refractivity contribution in [3.05, 3.63) is 42.2 Å². The molecular weight excluding hydrogens is 250 g/mol. The quantitative estimate of drug-likeness (QED) is 0.863. The van der Waals surface area contributed by atoms with Gasteiger partial charge in [-0.2, -0.15) is 5.10 Å². The van der Waals surface area contributed by atoms with E-state index in [0.717, 1.165) is 17.9 Å².